The zero-order chi connectivity index (χ0) is 22.2. The van der Waals surface area contributed by atoms with Crippen LogP contribution >= 0.6 is 0 Å². The third kappa shape index (κ3) is 6.18. The van der Waals surface area contributed by atoms with E-state index in [9.17, 15) is 5.11 Å². The summed E-state index contributed by atoms with van der Waals surface area (Å²) in [4.78, 5) is 6.72. The van der Waals surface area contributed by atoms with E-state index >= 15 is 0 Å². The van der Waals surface area contributed by atoms with Crippen LogP contribution in [0.4, 0.5) is 0 Å². The maximum absolute atomic E-state index is 10.1. The van der Waals surface area contributed by atoms with Gasteiger partial charge in [0.25, 0.3) is 0 Å². The number of phenolic OH excluding ortho intramolecular Hbond substituents is 1. The van der Waals surface area contributed by atoms with Crippen molar-refractivity contribution < 1.29 is 19.3 Å². The molecule has 8 heteroatoms. The monoisotopic (exact) mass is 428 g/mol. The van der Waals surface area contributed by atoms with Crippen LogP contribution in [0.2, 0.25) is 0 Å². The Kier molecular flexibility index (Phi) is 7.83. The second-order valence-electron chi connectivity index (χ2n) is 7.51. The van der Waals surface area contributed by atoms with Crippen molar-refractivity contribution in [2.75, 3.05) is 41.5 Å². The van der Waals surface area contributed by atoms with Gasteiger partial charge >= 0.3 is 0 Å². The molecule has 0 spiro atoms. The Morgan fingerprint density at radius 1 is 1.06 bits per heavy atom. The first kappa shape index (κ1) is 22.6. The fourth-order valence-corrected chi connectivity index (χ4v) is 3.71. The van der Waals surface area contributed by atoms with E-state index in [1.165, 1.54) is 0 Å². The van der Waals surface area contributed by atoms with Crippen molar-refractivity contribution >= 4 is 5.96 Å². The zero-order valence-electron chi connectivity index (χ0n) is 18.6. The van der Waals surface area contributed by atoms with Gasteiger partial charge in [0.05, 0.1) is 21.3 Å². The summed E-state index contributed by atoms with van der Waals surface area (Å²) in [5.41, 5.74) is 1.91. The first-order valence-corrected chi connectivity index (χ1v) is 10.3. The number of hydrogen-bond acceptors (Lipinski definition) is 6. The summed E-state index contributed by atoms with van der Waals surface area (Å²) in [7, 11) is 6.68. The van der Waals surface area contributed by atoms with E-state index in [0.29, 0.717) is 18.3 Å². The number of ether oxygens (including phenoxy) is 3. The van der Waals surface area contributed by atoms with Gasteiger partial charge in [-0.3, -0.25) is 9.89 Å². The van der Waals surface area contributed by atoms with Gasteiger partial charge in [0, 0.05) is 50.9 Å². The minimum atomic E-state index is 0.226. The van der Waals surface area contributed by atoms with Crippen molar-refractivity contribution in [1.82, 2.24) is 15.5 Å². The van der Waals surface area contributed by atoms with Crippen LogP contribution in [0.5, 0.6) is 23.0 Å². The highest BCUT2D eigenvalue weighted by molar-refractivity contribution is 5.80. The SMILES string of the molecule is CN=C(NCc1cc(OC)ccc1O)NC1CCN(Cc2cc(OC)cc(OC)c2)C1. The molecule has 1 saturated heterocycles. The molecule has 2 aromatic rings. The molecule has 1 heterocycles. The van der Waals surface area contributed by atoms with E-state index in [1.807, 2.05) is 24.3 Å². The third-order valence-electron chi connectivity index (χ3n) is 5.39. The minimum absolute atomic E-state index is 0.226. The van der Waals surface area contributed by atoms with Gasteiger partial charge < -0.3 is 30.0 Å². The summed E-state index contributed by atoms with van der Waals surface area (Å²) in [6, 6.07) is 11.4. The van der Waals surface area contributed by atoms with E-state index in [0.717, 1.165) is 48.7 Å². The molecule has 0 saturated carbocycles. The summed E-state index contributed by atoms with van der Waals surface area (Å²) >= 11 is 0. The highest BCUT2D eigenvalue weighted by atomic mass is 16.5. The molecule has 0 amide bonds. The largest absolute Gasteiger partial charge is 0.508 e. The van der Waals surface area contributed by atoms with Gasteiger partial charge in [0.1, 0.15) is 23.0 Å². The molecule has 1 fully saturated rings. The average Bonchev–Trinajstić information content (AvgIpc) is 3.23. The third-order valence-corrected chi connectivity index (χ3v) is 5.39. The number of hydrogen-bond donors (Lipinski definition) is 3. The Labute approximate surface area is 183 Å². The quantitative estimate of drug-likeness (QED) is 0.439. The minimum Gasteiger partial charge on any atom is -0.508 e. The van der Waals surface area contributed by atoms with E-state index in [-0.39, 0.29) is 11.8 Å². The highest BCUT2D eigenvalue weighted by Gasteiger charge is 2.23. The molecule has 0 bridgehead atoms. The van der Waals surface area contributed by atoms with E-state index in [1.54, 1.807) is 40.5 Å². The van der Waals surface area contributed by atoms with Crippen molar-refractivity contribution in [2.45, 2.75) is 25.6 Å². The van der Waals surface area contributed by atoms with Gasteiger partial charge in [0.15, 0.2) is 5.96 Å². The molecule has 1 aliphatic rings. The molecule has 0 aliphatic carbocycles. The summed E-state index contributed by atoms with van der Waals surface area (Å²) in [5.74, 6) is 3.24. The van der Waals surface area contributed by atoms with Crippen LogP contribution in [0.25, 0.3) is 0 Å². The zero-order valence-corrected chi connectivity index (χ0v) is 18.6. The van der Waals surface area contributed by atoms with E-state index in [4.69, 9.17) is 14.2 Å². The molecule has 1 unspecified atom stereocenters. The van der Waals surface area contributed by atoms with Crippen LogP contribution in [-0.2, 0) is 13.1 Å². The topological polar surface area (TPSA) is 87.6 Å². The van der Waals surface area contributed by atoms with Gasteiger partial charge in [-0.2, -0.15) is 0 Å². The number of phenols is 1. The predicted octanol–water partition coefficient (Wildman–Crippen LogP) is 2.36. The Balaban J connectivity index is 1.53. The fourth-order valence-electron chi connectivity index (χ4n) is 3.71. The lowest BCUT2D eigenvalue weighted by molar-refractivity contribution is 0.321. The highest BCUT2D eigenvalue weighted by Crippen LogP contribution is 2.25. The van der Waals surface area contributed by atoms with Crippen LogP contribution < -0.4 is 24.8 Å². The second kappa shape index (κ2) is 10.8. The molecule has 3 N–H and O–H groups in total. The number of aliphatic imine (C=N–C) groups is 1. The van der Waals surface area contributed by atoms with Crippen molar-refractivity contribution in [2.24, 2.45) is 4.99 Å². The second-order valence-corrected chi connectivity index (χ2v) is 7.51. The number of likely N-dealkylation sites (tertiary alicyclic amines) is 1. The van der Waals surface area contributed by atoms with Crippen LogP contribution in [0.1, 0.15) is 17.5 Å². The number of rotatable bonds is 8. The lowest BCUT2D eigenvalue weighted by Crippen LogP contribution is -2.44. The normalized spacial score (nSPS) is 16.8. The maximum atomic E-state index is 10.1. The lowest BCUT2D eigenvalue weighted by atomic mass is 10.2. The molecule has 31 heavy (non-hydrogen) atoms. The summed E-state index contributed by atoms with van der Waals surface area (Å²) in [5, 5.41) is 16.8. The standard InChI is InChI=1S/C23H32N4O4/c1-24-23(25-13-17-11-19(29-2)5-6-22(17)28)26-18-7-8-27(15-18)14-16-9-20(30-3)12-21(10-16)31-4/h5-6,9-12,18,28H,7-8,13-15H2,1-4H3,(H2,24,25,26). The van der Waals surface area contributed by atoms with Crippen molar-refractivity contribution in [3.63, 3.8) is 0 Å². The number of nitrogens with one attached hydrogen (secondary N) is 2. The summed E-state index contributed by atoms with van der Waals surface area (Å²) < 4.78 is 16.0. The van der Waals surface area contributed by atoms with Gasteiger partial charge in [-0.05, 0) is 42.3 Å². The first-order valence-electron chi connectivity index (χ1n) is 10.3. The Morgan fingerprint density at radius 2 is 1.77 bits per heavy atom. The Hall–Kier alpha value is -3.13. The smallest absolute Gasteiger partial charge is 0.191 e. The molecular weight excluding hydrogens is 396 g/mol. The van der Waals surface area contributed by atoms with Crippen LogP contribution in [0.15, 0.2) is 41.4 Å². The molecule has 3 rings (SSSR count). The van der Waals surface area contributed by atoms with Crippen LogP contribution in [-0.4, -0.2) is 63.5 Å². The number of benzene rings is 2. The van der Waals surface area contributed by atoms with E-state index < -0.39 is 0 Å². The van der Waals surface area contributed by atoms with Crippen molar-refractivity contribution in [1.29, 1.82) is 0 Å². The fraction of sp³-hybridized carbons (Fsp3) is 0.435. The van der Waals surface area contributed by atoms with Crippen molar-refractivity contribution in [3.8, 4) is 23.0 Å². The number of guanidine groups is 1. The van der Waals surface area contributed by atoms with E-state index in [2.05, 4.69) is 20.5 Å². The van der Waals surface area contributed by atoms with Gasteiger partial charge in [0.2, 0.25) is 0 Å². The molecule has 0 radical (unpaired) electrons. The van der Waals surface area contributed by atoms with Crippen LogP contribution in [0, 0.1) is 0 Å². The summed E-state index contributed by atoms with van der Waals surface area (Å²) in [6.07, 6.45) is 1.02. The first-order chi connectivity index (χ1) is 15.0. The molecular formula is C23H32N4O4. The molecule has 1 aliphatic heterocycles. The number of methoxy groups -OCH3 is 3. The molecule has 1 atom stereocenters. The average molecular weight is 429 g/mol. The summed E-state index contributed by atoms with van der Waals surface area (Å²) in [6.45, 7) is 3.17. The molecule has 168 valence electrons. The maximum Gasteiger partial charge on any atom is 0.191 e. The Morgan fingerprint density at radius 3 is 2.42 bits per heavy atom. The molecule has 0 aromatic heterocycles. The predicted molar refractivity (Wildman–Crippen MR) is 121 cm³/mol. The lowest BCUT2D eigenvalue weighted by Gasteiger charge is -2.20. The number of nitrogens with zero attached hydrogens (tertiary/aromatic N) is 2. The Bertz CT molecular complexity index is 881. The van der Waals surface area contributed by atoms with Crippen molar-refractivity contribution in [3.05, 3.63) is 47.5 Å². The molecule has 8 nitrogen and oxygen atoms in total. The van der Waals surface area contributed by atoms with Gasteiger partial charge in [-0.15, -0.1) is 0 Å². The van der Waals surface area contributed by atoms with Gasteiger partial charge in [-0.25, -0.2) is 0 Å². The molecule has 2 aromatic carbocycles. The van der Waals surface area contributed by atoms with Crippen LogP contribution in [0.3, 0.4) is 0 Å². The van der Waals surface area contributed by atoms with Gasteiger partial charge in [-0.1, -0.05) is 0 Å². The number of aromatic hydroxyl groups is 1.